The van der Waals surface area contributed by atoms with Gasteiger partial charge in [0.1, 0.15) is 11.4 Å². The summed E-state index contributed by atoms with van der Waals surface area (Å²) in [6, 6.07) is 7.41. The van der Waals surface area contributed by atoms with Gasteiger partial charge in [0, 0.05) is 12.0 Å². The molecule has 6 nitrogen and oxygen atoms in total. The van der Waals surface area contributed by atoms with Gasteiger partial charge in [0.15, 0.2) is 0 Å². The maximum Gasteiger partial charge on any atom is 0.269 e. The van der Waals surface area contributed by atoms with Crippen LogP contribution >= 0.6 is 0 Å². The number of nitrogens with one attached hydrogen (secondary N) is 2. The number of aliphatic hydroxyl groups is 1. The second-order valence-electron chi connectivity index (χ2n) is 6.24. The van der Waals surface area contributed by atoms with Gasteiger partial charge < -0.3 is 15.2 Å². The number of ether oxygens (including phenoxy) is 1. The molecule has 1 amide bonds. The molecule has 0 unspecified atom stereocenters. The van der Waals surface area contributed by atoms with E-state index in [1.165, 1.54) is 5.56 Å². The number of aromatic nitrogens is 2. The quantitative estimate of drug-likeness (QED) is 0.758. The number of fused-ring (bicyclic) bond motifs is 1. The summed E-state index contributed by atoms with van der Waals surface area (Å²) < 4.78 is 5.51. The average Bonchev–Trinajstić information content (AvgIpc) is 3.26. The third-order valence-corrected chi connectivity index (χ3v) is 4.65. The van der Waals surface area contributed by atoms with Gasteiger partial charge in [0.25, 0.3) is 5.91 Å². The molecule has 0 aliphatic carbocycles. The van der Waals surface area contributed by atoms with Crippen molar-refractivity contribution in [3.05, 3.63) is 35.5 Å². The van der Waals surface area contributed by atoms with Crippen LogP contribution in [0.2, 0.25) is 0 Å². The van der Waals surface area contributed by atoms with E-state index in [1.54, 1.807) is 6.07 Å². The van der Waals surface area contributed by atoms with Gasteiger partial charge in [-0.05, 0) is 35.7 Å². The molecular formula is C18H23N3O3. The van der Waals surface area contributed by atoms with E-state index in [2.05, 4.69) is 21.6 Å². The molecule has 0 radical (unpaired) electrons. The van der Waals surface area contributed by atoms with E-state index < -0.39 is 0 Å². The van der Waals surface area contributed by atoms with Gasteiger partial charge in [-0.25, -0.2) is 0 Å². The molecule has 0 fully saturated rings. The number of amides is 1. The average molecular weight is 329 g/mol. The zero-order valence-corrected chi connectivity index (χ0v) is 14.0. The van der Waals surface area contributed by atoms with Crippen molar-refractivity contribution in [2.75, 3.05) is 13.2 Å². The Hall–Kier alpha value is -2.34. The molecule has 24 heavy (non-hydrogen) atoms. The van der Waals surface area contributed by atoms with Crippen molar-refractivity contribution in [2.45, 2.75) is 32.7 Å². The van der Waals surface area contributed by atoms with Crippen LogP contribution in [-0.2, 0) is 6.42 Å². The molecule has 2 atom stereocenters. The first-order valence-electron chi connectivity index (χ1n) is 8.35. The smallest absolute Gasteiger partial charge is 0.269 e. The summed E-state index contributed by atoms with van der Waals surface area (Å²) in [4.78, 5) is 12.4. The summed E-state index contributed by atoms with van der Waals surface area (Å²) in [6.45, 7) is 4.68. The Labute approximate surface area is 141 Å². The maximum atomic E-state index is 12.4. The molecule has 3 rings (SSSR count). The number of aliphatic hydroxyl groups excluding tert-OH is 1. The van der Waals surface area contributed by atoms with E-state index in [-0.39, 0.29) is 24.5 Å². The van der Waals surface area contributed by atoms with E-state index in [1.807, 2.05) is 26.0 Å². The number of aromatic amines is 1. The fourth-order valence-electron chi connectivity index (χ4n) is 2.83. The van der Waals surface area contributed by atoms with Crippen LogP contribution in [0.3, 0.4) is 0 Å². The molecule has 0 bridgehead atoms. The largest absolute Gasteiger partial charge is 0.493 e. The highest BCUT2D eigenvalue weighted by atomic mass is 16.5. The molecular weight excluding hydrogens is 306 g/mol. The Morgan fingerprint density at radius 1 is 1.46 bits per heavy atom. The van der Waals surface area contributed by atoms with Crippen molar-refractivity contribution in [2.24, 2.45) is 5.92 Å². The van der Waals surface area contributed by atoms with Gasteiger partial charge in [0.05, 0.1) is 24.9 Å². The zero-order chi connectivity index (χ0) is 17.1. The maximum absolute atomic E-state index is 12.4. The summed E-state index contributed by atoms with van der Waals surface area (Å²) in [5.74, 6) is 0.877. The lowest BCUT2D eigenvalue weighted by atomic mass is 10.00. The third-order valence-electron chi connectivity index (χ3n) is 4.65. The number of rotatable bonds is 6. The predicted octanol–water partition coefficient (Wildman–Crippen LogP) is 2.15. The van der Waals surface area contributed by atoms with Gasteiger partial charge in [-0.3, -0.25) is 9.89 Å². The van der Waals surface area contributed by atoms with Crippen molar-refractivity contribution in [1.82, 2.24) is 15.5 Å². The van der Waals surface area contributed by atoms with Crippen molar-refractivity contribution >= 4 is 5.91 Å². The predicted molar refractivity (Wildman–Crippen MR) is 91.0 cm³/mol. The summed E-state index contributed by atoms with van der Waals surface area (Å²) >= 11 is 0. The molecule has 1 aliphatic rings. The fraction of sp³-hybridized carbons (Fsp3) is 0.444. The molecule has 1 aromatic carbocycles. The highest BCUT2D eigenvalue weighted by Crippen LogP contribution is 2.29. The van der Waals surface area contributed by atoms with Crippen LogP contribution in [0.15, 0.2) is 24.3 Å². The van der Waals surface area contributed by atoms with E-state index in [0.29, 0.717) is 12.3 Å². The molecule has 1 aromatic heterocycles. The van der Waals surface area contributed by atoms with Crippen molar-refractivity contribution < 1.29 is 14.6 Å². The molecule has 2 aromatic rings. The minimum atomic E-state index is -0.258. The number of H-pyrrole nitrogens is 1. The van der Waals surface area contributed by atoms with E-state index in [9.17, 15) is 9.90 Å². The topological polar surface area (TPSA) is 87.2 Å². The normalized spacial score (nSPS) is 15.5. The Morgan fingerprint density at radius 2 is 2.29 bits per heavy atom. The number of carbonyl (C=O) groups excluding carboxylic acids is 1. The summed E-state index contributed by atoms with van der Waals surface area (Å²) in [6.07, 6.45) is 1.78. The molecule has 0 saturated carbocycles. The third kappa shape index (κ3) is 3.28. The molecule has 1 aliphatic heterocycles. The van der Waals surface area contributed by atoms with Gasteiger partial charge in [-0.15, -0.1) is 0 Å². The summed E-state index contributed by atoms with van der Waals surface area (Å²) in [5.41, 5.74) is 3.23. The Balaban J connectivity index is 1.74. The summed E-state index contributed by atoms with van der Waals surface area (Å²) in [7, 11) is 0. The number of hydrogen-bond acceptors (Lipinski definition) is 4. The molecule has 3 N–H and O–H groups in total. The van der Waals surface area contributed by atoms with Gasteiger partial charge in [-0.1, -0.05) is 20.3 Å². The van der Waals surface area contributed by atoms with Crippen LogP contribution in [0.5, 0.6) is 5.75 Å². The standard InChI is InChI=1S/C18H23N3O3/c1-3-11(2)16(10-22)19-18(23)15-9-14(20-21-15)12-4-5-17-13(8-12)6-7-24-17/h4-5,8-9,11,16,22H,3,6-7,10H2,1-2H3,(H,19,23)(H,20,21)/t11-,16-/m0/s1. The number of nitrogens with zero attached hydrogens (tertiary/aromatic N) is 1. The second kappa shape index (κ2) is 7.05. The molecule has 0 spiro atoms. The van der Waals surface area contributed by atoms with Crippen LogP contribution in [0.25, 0.3) is 11.3 Å². The SMILES string of the molecule is CC[C@H](C)[C@H](CO)NC(=O)c1cc(-c2ccc3c(c2)CCO3)n[nH]1. The Kier molecular flexibility index (Phi) is 4.85. The molecule has 0 saturated heterocycles. The minimum Gasteiger partial charge on any atom is -0.493 e. The lowest BCUT2D eigenvalue weighted by Gasteiger charge is -2.21. The van der Waals surface area contributed by atoms with Crippen molar-refractivity contribution in [3.8, 4) is 17.0 Å². The number of hydrogen-bond donors (Lipinski definition) is 3. The Morgan fingerprint density at radius 3 is 3.04 bits per heavy atom. The van der Waals surface area contributed by atoms with E-state index in [4.69, 9.17) is 4.74 Å². The Bertz CT molecular complexity index is 726. The van der Waals surface area contributed by atoms with E-state index in [0.717, 1.165) is 29.8 Å². The van der Waals surface area contributed by atoms with Crippen LogP contribution in [0.4, 0.5) is 0 Å². The first-order valence-corrected chi connectivity index (χ1v) is 8.35. The van der Waals surface area contributed by atoms with Crippen LogP contribution in [0.1, 0.15) is 36.3 Å². The van der Waals surface area contributed by atoms with Crippen molar-refractivity contribution in [1.29, 1.82) is 0 Å². The first-order chi connectivity index (χ1) is 11.6. The van der Waals surface area contributed by atoms with Crippen LogP contribution < -0.4 is 10.1 Å². The first kappa shape index (κ1) is 16.5. The highest BCUT2D eigenvalue weighted by molar-refractivity contribution is 5.93. The van der Waals surface area contributed by atoms with Gasteiger partial charge in [-0.2, -0.15) is 5.10 Å². The monoisotopic (exact) mass is 329 g/mol. The summed E-state index contributed by atoms with van der Waals surface area (Å²) in [5, 5.41) is 19.3. The molecule has 2 heterocycles. The van der Waals surface area contributed by atoms with Crippen LogP contribution in [0, 0.1) is 5.92 Å². The zero-order valence-electron chi connectivity index (χ0n) is 14.0. The van der Waals surface area contributed by atoms with Gasteiger partial charge in [0.2, 0.25) is 0 Å². The number of benzene rings is 1. The highest BCUT2D eigenvalue weighted by Gasteiger charge is 2.20. The fourth-order valence-corrected chi connectivity index (χ4v) is 2.83. The lowest BCUT2D eigenvalue weighted by Crippen LogP contribution is -2.42. The lowest BCUT2D eigenvalue weighted by molar-refractivity contribution is 0.0886. The number of carbonyl (C=O) groups is 1. The van der Waals surface area contributed by atoms with E-state index >= 15 is 0 Å². The molecule has 128 valence electrons. The van der Waals surface area contributed by atoms with Gasteiger partial charge >= 0.3 is 0 Å². The second-order valence-corrected chi connectivity index (χ2v) is 6.24. The molecule has 6 heteroatoms. The minimum absolute atomic E-state index is 0.0768. The van der Waals surface area contributed by atoms with Crippen LogP contribution in [-0.4, -0.2) is 40.5 Å². The van der Waals surface area contributed by atoms with Crippen molar-refractivity contribution in [3.63, 3.8) is 0 Å².